The lowest BCUT2D eigenvalue weighted by Gasteiger charge is -2.36. The third-order valence-corrected chi connectivity index (χ3v) is 7.19. The van der Waals surface area contributed by atoms with E-state index in [2.05, 4.69) is 39.2 Å². The molecular weight excluding hydrogens is 494 g/mol. The van der Waals surface area contributed by atoms with Gasteiger partial charge in [0.25, 0.3) is 5.91 Å². The van der Waals surface area contributed by atoms with E-state index in [0.29, 0.717) is 28.2 Å². The maximum atomic E-state index is 12.4. The van der Waals surface area contributed by atoms with Crippen molar-refractivity contribution in [2.24, 2.45) is 0 Å². The van der Waals surface area contributed by atoms with Crippen molar-refractivity contribution in [2.45, 2.75) is 30.7 Å². The number of unbranched alkanes of at least 4 members (excludes halogenated alkanes) is 1. The van der Waals surface area contributed by atoms with Crippen LogP contribution in [-0.2, 0) is 5.75 Å². The smallest absolute Gasteiger partial charge is 0.251 e. The van der Waals surface area contributed by atoms with Gasteiger partial charge >= 0.3 is 0 Å². The minimum absolute atomic E-state index is 0.0367. The van der Waals surface area contributed by atoms with Gasteiger partial charge in [-0.3, -0.25) is 4.79 Å². The van der Waals surface area contributed by atoms with Crippen molar-refractivity contribution in [2.75, 3.05) is 49.6 Å². The summed E-state index contributed by atoms with van der Waals surface area (Å²) < 4.78 is 5.26. The maximum Gasteiger partial charge on any atom is 0.251 e. The molecule has 1 aromatic heterocycles. The van der Waals surface area contributed by atoms with Crippen LogP contribution in [0.25, 0.3) is 0 Å². The Morgan fingerprint density at radius 3 is 2.53 bits per heavy atom. The number of amides is 1. The number of rotatable bonds is 10. The molecule has 2 heterocycles. The molecule has 0 unspecified atom stereocenters. The quantitative estimate of drug-likeness (QED) is 0.167. The second-order valence-electron chi connectivity index (χ2n) is 8.60. The molecule has 1 aliphatic heterocycles. The highest BCUT2D eigenvalue weighted by Gasteiger charge is 2.20. The Balaban J connectivity index is 1.35. The van der Waals surface area contributed by atoms with Crippen molar-refractivity contribution in [3.05, 3.63) is 70.9 Å². The van der Waals surface area contributed by atoms with Gasteiger partial charge in [-0.2, -0.15) is 0 Å². The molecule has 0 aliphatic carbocycles. The summed E-state index contributed by atoms with van der Waals surface area (Å²) in [4.78, 5) is 26.2. The molecular formula is C27H32ClN5O2S. The van der Waals surface area contributed by atoms with Crippen LogP contribution < -0.4 is 19.9 Å². The summed E-state index contributed by atoms with van der Waals surface area (Å²) in [5.41, 5.74) is 2.90. The van der Waals surface area contributed by atoms with Crippen molar-refractivity contribution in [3.63, 3.8) is 0 Å². The molecule has 190 valence electrons. The Morgan fingerprint density at radius 1 is 1.06 bits per heavy atom. The highest BCUT2D eigenvalue weighted by molar-refractivity contribution is 7.98. The highest BCUT2D eigenvalue weighted by Crippen LogP contribution is 2.27. The van der Waals surface area contributed by atoms with E-state index in [1.165, 1.54) is 17.4 Å². The second-order valence-corrected chi connectivity index (χ2v) is 9.93. The Hall–Kier alpha value is -2.97. The molecule has 0 atom stereocenters. The van der Waals surface area contributed by atoms with Crippen LogP contribution in [0.4, 0.5) is 11.5 Å². The van der Waals surface area contributed by atoms with Crippen LogP contribution >= 0.6 is 23.4 Å². The summed E-state index contributed by atoms with van der Waals surface area (Å²) in [7, 11) is 1.68. The van der Waals surface area contributed by atoms with Crippen LogP contribution in [0.5, 0.6) is 5.75 Å². The number of nitrogens with one attached hydrogen (secondary N) is 1. The van der Waals surface area contributed by atoms with Crippen LogP contribution in [0.2, 0.25) is 5.15 Å². The van der Waals surface area contributed by atoms with Crippen molar-refractivity contribution in [1.29, 1.82) is 0 Å². The summed E-state index contributed by atoms with van der Waals surface area (Å²) in [6, 6.07) is 17.7. The van der Waals surface area contributed by atoms with Crippen molar-refractivity contribution >= 4 is 40.8 Å². The van der Waals surface area contributed by atoms with Gasteiger partial charge < -0.3 is 19.9 Å². The number of benzene rings is 2. The second kappa shape index (κ2) is 12.8. The van der Waals surface area contributed by atoms with Gasteiger partial charge in [0.05, 0.1) is 7.11 Å². The number of anilines is 2. The van der Waals surface area contributed by atoms with Crippen LogP contribution in [0.15, 0.2) is 59.8 Å². The number of halogens is 1. The molecule has 3 aromatic rings. The number of piperazine rings is 1. The number of hydrogen-bond donors (Lipinski definition) is 1. The Labute approximate surface area is 222 Å². The summed E-state index contributed by atoms with van der Waals surface area (Å²) in [6.45, 7) is 6.28. The van der Waals surface area contributed by atoms with Crippen molar-refractivity contribution < 1.29 is 9.53 Å². The third-order valence-electron chi connectivity index (χ3n) is 6.08. The number of ether oxygens (including phenoxy) is 1. The summed E-state index contributed by atoms with van der Waals surface area (Å²) in [5.74, 6) is 2.32. The lowest BCUT2D eigenvalue weighted by Crippen LogP contribution is -2.46. The number of thioether (sulfide) groups is 1. The lowest BCUT2D eigenvalue weighted by atomic mass is 10.1. The van der Waals surface area contributed by atoms with Gasteiger partial charge in [-0.1, -0.05) is 48.8 Å². The van der Waals surface area contributed by atoms with Crippen molar-refractivity contribution in [1.82, 2.24) is 15.3 Å². The summed E-state index contributed by atoms with van der Waals surface area (Å²) in [5, 5.41) is 4.04. The van der Waals surface area contributed by atoms with Gasteiger partial charge in [-0.25, -0.2) is 9.97 Å². The molecule has 2 aromatic carbocycles. The molecule has 9 heteroatoms. The molecule has 4 rings (SSSR count). The minimum Gasteiger partial charge on any atom is -0.497 e. The highest BCUT2D eigenvalue weighted by atomic mass is 35.5. The lowest BCUT2D eigenvalue weighted by molar-refractivity contribution is 0.0953. The standard InChI is InChI=1S/C27H32ClN5O2S/c1-3-4-12-29-26(34)21-7-5-6-20(17-21)19-36-27-30-24(28)18-25(31-27)33-15-13-32(14-16-33)22-8-10-23(35-2)11-9-22/h5-11,17-18H,3-4,12-16,19H2,1-2H3,(H,29,34). The molecule has 1 fully saturated rings. The number of nitrogens with zero attached hydrogens (tertiary/aromatic N) is 4. The SMILES string of the molecule is CCCCNC(=O)c1cccc(CSc2nc(Cl)cc(N3CCN(c4ccc(OC)cc4)CC3)n2)c1. The molecule has 0 saturated carbocycles. The molecule has 1 aliphatic rings. The first-order valence-corrected chi connectivity index (χ1v) is 13.6. The van der Waals surface area contributed by atoms with Gasteiger partial charge in [0, 0.05) is 55.8 Å². The van der Waals surface area contributed by atoms with E-state index in [1.54, 1.807) is 7.11 Å². The summed E-state index contributed by atoms with van der Waals surface area (Å²) in [6.07, 6.45) is 2.03. The number of aromatic nitrogens is 2. The Bertz CT molecular complexity index is 1150. The van der Waals surface area contributed by atoms with E-state index >= 15 is 0 Å². The topological polar surface area (TPSA) is 70.6 Å². The molecule has 0 bridgehead atoms. The van der Waals surface area contributed by atoms with Gasteiger partial charge in [0.2, 0.25) is 0 Å². The van der Waals surface area contributed by atoms with E-state index in [0.717, 1.165) is 56.2 Å². The van der Waals surface area contributed by atoms with Gasteiger partial charge in [-0.15, -0.1) is 0 Å². The maximum absolute atomic E-state index is 12.4. The molecule has 1 N–H and O–H groups in total. The van der Waals surface area contributed by atoms with E-state index in [-0.39, 0.29) is 5.91 Å². The average Bonchev–Trinajstić information content (AvgIpc) is 2.92. The molecule has 7 nitrogen and oxygen atoms in total. The van der Waals surface area contributed by atoms with E-state index in [4.69, 9.17) is 21.3 Å². The monoisotopic (exact) mass is 525 g/mol. The van der Waals surface area contributed by atoms with Crippen LogP contribution in [0.3, 0.4) is 0 Å². The molecule has 36 heavy (non-hydrogen) atoms. The minimum atomic E-state index is -0.0367. The fourth-order valence-electron chi connectivity index (χ4n) is 4.03. The average molecular weight is 526 g/mol. The van der Waals surface area contributed by atoms with E-state index < -0.39 is 0 Å². The predicted octanol–water partition coefficient (Wildman–Crippen LogP) is 5.29. The van der Waals surface area contributed by atoms with Crippen LogP contribution in [0.1, 0.15) is 35.7 Å². The molecule has 0 spiro atoms. The van der Waals surface area contributed by atoms with Crippen LogP contribution in [-0.4, -0.2) is 55.7 Å². The van der Waals surface area contributed by atoms with Gasteiger partial charge in [0.1, 0.15) is 16.7 Å². The number of carbonyl (C=O) groups excluding carboxylic acids is 1. The first kappa shape index (κ1) is 26.1. The third kappa shape index (κ3) is 7.04. The number of hydrogen-bond acceptors (Lipinski definition) is 7. The predicted molar refractivity (Wildman–Crippen MR) is 148 cm³/mol. The summed E-state index contributed by atoms with van der Waals surface area (Å²) >= 11 is 7.89. The molecule has 1 saturated heterocycles. The zero-order chi connectivity index (χ0) is 25.3. The first-order chi connectivity index (χ1) is 17.6. The largest absolute Gasteiger partial charge is 0.497 e. The van der Waals surface area contributed by atoms with E-state index in [9.17, 15) is 4.79 Å². The van der Waals surface area contributed by atoms with E-state index in [1.807, 2.05) is 42.5 Å². The van der Waals surface area contributed by atoms with Gasteiger partial charge in [-0.05, 0) is 48.4 Å². The Kier molecular flexibility index (Phi) is 9.30. The molecule has 0 radical (unpaired) electrons. The number of methoxy groups -OCH3 is 1. The first-order valence-electron chi connectivity index (χ1n) is 12.2. The van der Waals surface area contributed by atoms with Crippen LogP contribution in [0, 0.1) is 0 Å². The normalized spacial score (nSPS) is 13.5. The number of carbonyl (C=O) groups is 1. The fourth-order valence-corrected chi connectivity index (χ4v) is 5.05. The zero-order valence-electron chi connectivity index (χ0n) is 20.7. The van der Waals surface area contributed by atoms with Crippen molar-refractivity contribution in [3.8, 4) is 5.75 Å². The zero-order valence-corrected chi connectivity index (χ0v) is 22.3. The Morgan fingerprint density at radius 2 is 1.81 bits per heavy atom. The molecule has 1 amide bonds. The van der Waals surface area contributed by atoms with Gasteiger partial charge in [0.15, 0.2) is 5.16 Å². The fraction of sp³-hybridized carbons (Fsp3) is 0.370.